The third-order valence-electron chi connectivity index (χ3n) is 1.91. The van der Waals surface area contributed by atoms with Gasteiger partial charge in [-0.1, -0.05) is 19.9 Å². The van der Waals surface area contributed by atoms with Crippen LogP contribution < -0.4 is 5.73 Å². The zero-order valence-electron chi connectivity index (χ0n) is 7.87. The summed E-state index contributed by atoms with van der Waals surface area (Å²) in [5, 5.41) is 0. The Morgan fingerprint density at radius 2 is 1.79 bits per heavy atom. The van der Waals surface area contributed by atoms with Crippen molar-refractivity contribution in [2.45, 2.75) is 13.8 Å². The first-order valence-corrected chi connectivity index (χ1v) is 3.68. The molecule has 1 radical (unpaired) electrons. The van der Waals surface area contributed by atoms with Gasteiger partial charge in [-0.3, -0.25) is 8.78 Å². The first-order valence-electron chi connectivity index (χ1n) is 3.68. The maximum Gasteiger partial charge on any atom is 0.159 e. The number of hydrogen-bond donors (Lipinski definition) is 1. The summed E-state index contributed by atoms with van der Waals surface area (Å²) < 4.78 is 37.7. The fourth-order valence-corrected chi connectivity index (χ4v) is 1.28. The van der Waals surface area contributed by atoms with Crippen molar-refractivity contribution in [3.63, 3.8) is 0 Å². The van der Waals surface area contributed by atoms with E-state index in [0.717, 1.165) is 0 Å². The van der Waals surface area contributed by atoms with E-state index >= 15 is 0 Å². The monoisotopic (exact) mass is 233 g/mol. The van der Waals surface area contributed by atoms with Crippen LogP contribution in [0.1, 0.15) is 16.7 Å². The van der Waals surface area contributed by atoms with Gasteiger partial charge in [-0.05, 0) is 0 Å². The SMILES string of the molecule is Cc1cc(N)c(F)c(C)c1[C-](F)F.[Sc]. The summed E-state index contributed by atoms with van der Waals surface area (Å²) in [6.45, 7) is 2.75. The molecule has 0 spiro atoms. The number of rotatable bonds is 1. The van der Waals surface area contributed by atoms with Crippen LogP contribution in [0.25, 0.3) is 0 Å². The Kier molecular flexibility index (Phi) is 4.71. The van der Waals surface area contributed by atoms with Crippen molar-refractivity contribution >= 4 is 5.69 Å². The number of anilines is 1. The molecule has 75 valence electrons. The van der Waals surface area contributed by atoms with Crippen LogP contribution >= 0.6 is 0 Å². The summed E-state index contributed by atoms with van der Waals surface area (Å²) in [5.41, 5.74) is 5.01. The van der Waals surface area contributed by atoms with Crippen LogP contribution in [0, 0.1) is 26.1 Å². The molecular weight excluding hydrogens is 224 g/mol. The number of nitrogen functional groups attached to an aromatic ring is 1. The number of hydrogen-bond acceptors (Lipinski definition) is 1. The van der Waals surface area contributed by atoms with Crippen LogP contribution in [0.5, 0.6) is 0 Å². The summed E-state index contributed by atoms with van der Waals surface area (Å²) in [4.78, 5) is 0. The van der Waals surface area contributed by atoms with Crippen LogP contribution in [-0.4, -0.2) is 0 Å². The molecule has 0 aliphatic rings. The van der Waals surface area contributed by atoms with E-state index in [1.165, 1.54) is 19.9 Å². The minimum Gasteiger partial charge on any atom is -0.398 e. The van der Waals surface area contributed by atoms with Gasteiger partial charge in [-0.25, -0.2) is 4.39 Å². The number of nitrogens with two attached hydrogens (primary N) is 1. The fraction of sp³-hybridized carbons (Fsp3) is 0.222. The molecule has 1 nitrogen and oxygen atoms in total. The van der Waals surface area contributed by atoms with E-state index in [1.54, 1.807) is 0 Å². The van der Waals surface area contributed by atoms with Crippen LogP contribution in [-0.2, 0) is 25.8 Å². The quantitative estimate of drug-likeness (QED) is 0.585. The standard InChI is InChI=1S/C9H9F3N.Sc/c1-4-3-6(13)8(10)5(2)7(4)9(11)12;/h3H,13H2,1-2H3;/q-1;. The van der Waals surface area contributed by atoms with E-state index < -0.39 is 12.2 Å². The molecule has 2 N–H and O–H groups in total. The van der Waals surface area contributed by atoms with Gasteiger partial charge in [0.15, 0.2) is 6.43 Å². The molecule has 0 heterocycles. The van der Waals surface area contributed by atoms with Crippen LogP contribution in [0.3, 0.4) is 0 Å². The van der Waals surface area contributed by atoms with Gasteiger partial charge < -0.3 is 5.73 Å². The van der Waals surface area contributed by atoms with Crippen LogP contribution in [0.2, 0.25) is 0 Å². The Labute approximate surface area is 99.3 Å². The maximum atomic E-state index is 13.1. The summed E-state index contributed by atoms with van der Waals surface area (Å²) in [6, 6.07) is 1.21. The predicted octanol–water partition coefficient (Wildman–Crippen LogP) is 2.80. The average Bonchev–Trinajstić information content (AvgIpc) is 1.99. The zero-order chi connectivity index (χ0) is 10.2. The Balaban J connectivity index is 0.00000169. The fourth-order valence-electron chi connectivity index (χ4n) is 1.28. The van der Waals surface area contributed by atoms with Crippen molar-refractivity contribution in [2.24, 2.45) is 0 Å². The minimum absolute atomic E-state index is 0. The number of benzene rings is 1. The molecule has 0 aliphatic heterocycles. The Hall–Kier alpha value is -0.450. The van der Waals surface area contributed by atoms with Gasteiger partial charge in [0, 0.05) is 31.5 Å². The van der Waals surface area contributed by atoms with Gasteiger partial charge in [0.05, 0.1) is 5.82 Å². The molecule has 5 heteroatoms. The van der Waals surface area contributed by atoms with Crippen LogP contribution in [0.4, 0.5) is 18.9 Å². The molecule has 0 atom stereocenters. The summed E-state index contributed by atoms with van der Waals surface area (Å²) in [6.07, 6.45) is -1.88. The largest absolute Gasteiger partial charge is 0.398 e. The van der Waals surface area contributed by atoms with Crippen molar-refractivity contribution in [1.29, 1.82) is 0 Å². The normalized spacial score (nSPS) is 9.50. The maximum absolute atomic E-state index is 13.1. The molecule has 0 aromatic heterocycles. The van der Waals surface area contributed by atoms with Crippen molar-refractivity contribution in [1.82, 2.24) is 0 Å². The second-order valence-electron chi connectivity index (χ2n) is 2.86. The summed E-state index contributed by atoms with van der Waals surface area (Å²) in [5.74, 6) is -0.770. The third kappa shape index (κ3) is 2.32. The molecule has 0 unspecified atom stereocenters. The Bertz CT molecular complexity index is 339. The molecular formula is C9H9F3NSc-. The Morgan fingerprint density at radius 3 is 2.21 bits per heavy atom. The van der Waals surface area contributed by atoms with Gasteiger partial charge in [-0.2, -0.15) is 0 Å². The molecule has 0 aliphatic carbocycles. The molecule has 0 saturated carbocycles. The van der Waals surface area contributed by atoms with Gasteiger partial charge in [0.1, 0.15) is 0 Å². The van der Waals surface area contributed by atoms with E-state index in [-0.39, 0.29) is 48.2 Å². The van der Waals surface area contributed by atoms with E-state index in [2.05, 4.69) is 0 Å². The zero-order valence-corrected chi connectivity index (χ0v) is 9.67. The smallest absolute Gasteiger partial charge is 0.159 e. The van der Waals surface area contributed by atoms with Crippen molar-refractivity contribution < 1.29 is 39.0 Å². The van der Waals surface area contributed by atoms with E-state index in [9.17, 15) is 13.2 Å². The number of halogens is 3. The third-order valence-corrected chi connectivity index (χ3v) is 1.91. The Morgan fingerprint density at radius 1 is 1.29 bits per heavy atom. The molecule has 0 saturated heterocycles. The molecule has 14 heavy (non-hydrogen) atoms. The molecule has 1 aromatic carbocycles. The van der Waals surface area contributed by atoms with Crippen LogP contribution in [0.15, 0.2) is 6.07 Å². The molecule has 0 bridgehead atoms. The van der Waals surface area contributed by atoms with Gasteiger partial charge >= 0.3 is 0 Å². The van der Waals surface area contributed by atoms with Crippen molar-refractivity contribution in [3.8, 4) is 0 Å². The second kappa shape index (κ2) is 4.87. The van der Waals surface area contributed by atoms with Gasteiger partial charge in [0.25, 0.3) is 0 Å². The summed E-state index contributed by atoms with van der Waals surface area (Å²) in [7, 11) is 0. The van der Waals surface area contributed by atoms with E-state index in [4.69, 9.17) is 5.73 Å². The molecule has 0 amide bonds. The van der Waals surface area contributed by atoms with Gasteiger partial charge in [0.2, 0.25) is 0 Å². The van der Waals surface area contributed by atoms with Gasteiger partial charge in [-0.15, -0.1) is 16.7 Å². The molecule has 1 aromatic rings. The minimum atomic E-state index is -1.88. The molecule has 1 rings (SSSR count). The first kappa shape index (κ1) is 13.6. The van der Waals surface area contributed by atoms with Crippen molar-refractivity contribution in [2.75, 3.05) is 5.73 Å². The second-order valence-corrected chi connectivity index (χ2v) is 2.86. The topological polar surface area (TPSA) is 26.0 Å². The first-order chi connectivity index (χ1) is 5.95. The molecule has 0 fully saturated rings. The number of aryl methyl sites for hydroxylation is 1. The average molecular weight is 233 g/mol. The van der Waals surface area contributed by atoms with Crippen molar-refractivity contribution in [3.05, 3.63) is 35.0 Å². The van der Waals surface area contributed by atoms with E-state index in [1.807, 2.05) is 0 Å². The van der Waals surface area contributed by atoms with E-state index in [0.29, 0.717) is 0 Å². The summed E-state index contributed by atoms with van der Waals surface area (Å²) >= 11 is 0. The predicted molar refractivity (Wildman–Crippen MR) is 44.8 cm³/mol.